The number of fused-ring (bicyclic) bond motifs is 7. The quantitative estimate of drug-likeness (QED) is 0.264. The lowest BCUT2D eigenvalue weighted by Crippen LogP contribution is -2.31. The third kappa shape index (κ3) is 6.99. The number of nitrogens with one attached hydrogen (secondary N) is 2. The van der Waals surface area contributed by atoms with Crippen LogP contribution in [-0.2, 0) is 27.2 Å². The number of hydrogen-bond acceptors (Lipinski definition) is 9. The first-order valence-corrected chi connectivity index (χ1v) is 16.5. The zero-order valence-corrected chi connectivity index (χ0v) is 27.6. The lowest BCUT2D eigenvalue weighted by Gasteiger charge is -2.22. The molecule has 11 heteroatoms. The van der Waals surface area contributed by atoms with E-state index in [1.54, 1.807) is 26.4 Å². The van der Waals surface area contributed by atoms with E-state index < -0.39 is 12.1 Å². The fourth-order valence-electron chi connectivity index (χ4n) is 6.00. The van der Waals surface area contributed by atoms with Gasteiger partial charge in [-0.15, -0.1) is 11.3 Å². The molecule has 2 aliphatic rings. The molecule has 2 aromatic heterocycles. The number of aromatic amines is 1. The number of H-pyrrole nitrogens is 1. The highest BCUT2D eigenvalue weighted by Crippen LogP contribution is 2.37. The van der Waals surface area contributed by atoms with E-state index in [1.165, 1.54) is 11.3 Å². The summed E-state index contributed by atoms with van der Waals surface area (Å²) in [7, 11) is 3.15. The lowest BCUT2D eigenvalue weighted by molar-refractivity contribution is -0.364. The molecule has 1 fully saturated rings. The average molecular weight is 663 g/mol. The number of carbonyl (C=O) groups excluding carboxylic acids is 2. The number of nitrogens with zero attached hydrogens (tertiary/aromatic N) is 1. The smallest absolute Gasteiger partial charge is 0.348 e. The number of aryl methyl sites for hydroxylation is 1. The standard InChI is InChI=1S/C35H36ClN3O6S/c1-21-18-38-34-33(36)26(21)16-29(23-9-11-28(42-2)30(15-23)43-3)45-35(41)31-12-10-25(46-31)19-37-27(22-7-5-4-6-8-22)17-32(40)44-24-13-14-39(34)20-24/h4-12,15,18,24,27,29,37H,13-14,16-17,19-20H2,1-3H3/p+1/t24-,27?,29+/m1/s1. The summed E-state index contributed by atoms with van der Waals surface area (Å²) < 4.78 is 23.3. The first-order chi connectivity index (χ1) is 22.3. The number of halogens is 1. The number of pyridine rings is 1. The Kier molecular flexibility index (Phi) is 9.77. The van der Waals surface area contributed by atoms with E-state index in [0.29, 0.717) is 53.9 Å². The molecule has 6 bridgehead atoms. The number of rotatable bonds is 4. The van der Waals surface area contributed by atoms with Gasteiger partial charge < -0.3 is 24.3 Å². The van der Waals surface area contributed by atoms with Crippen molar-refractivity contribution in [3.8, 4) is 11.5 Å². The van der Waals surface area contributed by atoms with Crippen molar-refractivity contribution >= 4 is 40.7 Å². The molecule has 1 saturated heterocycles. The normalized spacial score (nSPS) is 20.6. The maximum absolute atomic E-state index is 13.7. The highest BCUT2D eigenvalue weighted by molar-refractivity contribution is 7.13. The van der Waals surface area contributed by atoms with Crippen LogP contribution in [0.15, 0.2) is 66.9 Å². The second-order valence-electron chi connectivity index (χ2n) is 11.5. The van der Waals surface area contributed by atoms with Crippen LogP contribution in [0.5, 0.6) is 11.5 Å². The molecule has 0 spiro atoms. The molecule has 0 saturated carbocycles. The monoisotopic (exact) mass is 662 g/mol. The van der Waals surface area contributed by atoms with Gasteiger partial charge in [0.05, 0.1) is 33.4 Å². The van der Waals surface area contributed by atoms with Gasteiger partial charge >= 0.3 is 11.9 Å². The molecule has 2 N–H and O–H groups in total. The first-order valence-electron chi connectivity index (χ1n) is 15.3. The van der Waals surface area contributed by atoms with Crippen LogP contribution in [0.3, 0.4) is 0 Å². The molecule has 2 aliphatic heterocycles. The number of thiophene rings is 1. The molecule has 46 heavy (non-hydrogen) atoms. The third-order valence-electron chi connectivity index (χ3n) is 8.51. The molecule has 240 valence electrons. The Morgan fingerprint density at radius 2 is 1.78 bits per heavy atom. The van der Waals surface area contributed by atoms with Crippen LogP contribution in [0.25, 0.3) is 0 Å². The average Bonchev–Trinajstić information content (AvgIpc) is 3.74. The summed E-state index contributed by atoms with van der Waals surface area (Å²) in [6, 6.07) is 18.8. The molecule has 3 atom stereocenters. The third-order valence-corrected chi connectivity index (χ3v) is 9.98. The van der Waals surface area contributed by atoms with Crippen LogP contribution in [-0.4, -0.2) is 45.4 Å². The number of ether oxygens (including phenoxy) is 4. The van der Waals surface area contributed by atoms with Crippen molar-refractivity contribution in [3.63, 3.8) is 0 Å². The second kappa shape index (κ2) is 14.1. The molecule has 0 amide bonds. The highest BCUT2D eigenvalue weighted by Gasteiger charge is 2.35. The van der Waals surface area contributed by atoms with Crippen molar-refractivity contribution in [2.24, 2.45) is 0 Å². The number of esters is 2. The fourth-order valence-corrected chi connectivity index (χ4v) is 7.25. The van der Waals surface area contributed by atoms with E-state index in [-0.39, 0.29) is 24.5 Å². The number of carbonyl (C=O) groups is 2. The summed E-state index contributed by atoms with van der Waals surface area (Å²) in [5.74, 6) is 1.15. The van der Waals surface area contributed by atoms with E-state index in [4.69, 9.17) is 30.5 Å². The predicted octanol–water partition coefficient (Wildman–Crippen LogP) is 6.04. The van der Waals surface area contributed by atoms with Crippen molar-refractivity contribution in [2.45, 2.75) is 51.0 Å². The van der Waals surface area contributed by atoms with Crippen LogP contribution < -0.4 is 24.7 Å². The predicted molar refractivity (Wildman–Crippen MR) is 176 cm³/mol. The Bertz CT molecular complexity index is 1710. The van der Waals surface area contributed by atoms with Gasteiger partial charge in [-0.3, -0.25) is 9.69 Å². The summed E-state index contributed by atoms with van der Waals surface area (Å²) in [5.41, 5.74) is 3.52. The van der Waals surface area contributed by atoms with Crippen LogP contribution in [0.1, 0.15) is 61.8 Å². The largest absolute Gasteiger partial charge is 0.493 e. The fraction of sp³-hybridized carbons (Fsp3) is 0.343. The Hall–Kier alpha value is -4.12. The highest BCUT2D eigenvalue weighted by atomic mass is 35.5. The van der Waals surface area contributed by atoms with Crippen molar-refractivity contribution in [2.75, 3.05) is 32.2 Å². The summed E-state index contributed by atoms with van der Waals surface area (Å²) in [6.07, 6.45) is 2.17. The van der Waals surface area contributed by atoms with Gasteiger partial charge in [0.2, 0.25) is 0 Å². The van der Waals surface area contributed by atoms with Gasteiger partial charge in [-0.1, -0.05) is 48.0 Å². The summed E-state index contributed by atoms with van der Waals surface area (Å²) in [6.45, 7) is 3.63. The van der Waals surface area contributed by atoms with Crippen molar-refractivity contribution in [1.29, 1.82) is 0 Å². The van der Waals surface area contributed by atoms with Gasteiger partial charge in [0.15, 0.2) is 11.5 Å². The molecule has 4 heterocycles. The maximum Gasteiger partial charge on any atom is 0.348 e. The van der Waals surface area contributed by atoms with Crippen molar-refractivity contribution in [1.82, 2.24) is 5.32 Å². The molecule has 6 rings (SSSR count). The molecule has 9 nitrogen and oxygen atoms in total. The van der Waals surface area contributed by atoms with Gasteiger partial charge in [0, 0.05) is 30.3 Å². The topological polar surface area (TPSA) is 100 Å². The van der Waals surface area contributed by atoms with Gasteiger partial charge in [-0.25, -0.2) is 9.78 Å². The zero-order chi connectivity index (χ0) is 32.2. The molecule has 2 aromatic carbocycles. The Balaban J connectivity index is 1.38. The number of cyclic esters (lactones) is 1. The van der Waals surface area contributed by atoms with Gasteiger partial charge in [0.25, 0.3) is 5.82 Å². The molecular formula is C35H37ClN3O6S+. The van der Waals surface area contributed by atoms with Crippen LogP contribution in [0.4, 0.5) is 5.82 Å². The number of methoxy groups -OCH3 is 2. The minimum Gasteiger partial charge on any atom is -0.493 e. The number of hydrogen-bond donors (Lipinski definition) is 1. The van der Waals surface area contributed by atoms with Crippen LogP contribution in [0.2, 0.25) is 5.02 Å². The van der Waals surface area contributed by atoms with Crippen LogP contribution >= 0.6 is 22.9 Å². The summed E-state index contributed by atoms with van der Waals surface area (Å²) >= 11 is 8.47. The SMILES string of the molecule is COc1ccc([C@@H]2Cc3c(C)c[nH+]c(c3Cl)N3CC[C@H](C3)OC(=O)CC(c3ccccc3)NCc3ccc(s3)C(=O)O2)cc1OC. The van der Waals surface area contributed by atoms with E-state index >= 15 is 0 Å². The van der Waals surface area contributed by atoms with Crippen LogP contribution in [0, 0.1) is 6.92 Å². The number of anilines is 1. The second-order valence-corrected chi connectivity index (χ2v) is 13.0. The molecular weight excluding hydrogens is 626 g/mol. The number of aromatic nitrogens is 1. The summed E-state index contributed by atoms with van der Waals surface area (Å²) in [4.78, 5) is 33.8. The lowest BCUT2D eigenvalue weighted by atomic mass is 9.98. The Morgan fingerprint density at radius 1 is 0.978 bits per heavy atom. The van der Waals surface area contributed by atoms with Crippen molar-refractivity contribution in [3.05, 3.63) is 104 Å². The maximum atomic E-state index is 13.7. The molecule has 1 unspecified atom stereocenters. The summed E-state index contributed by atoms with van der Waals surface area (Å²) in [5, 5.41) is 4.05. The van der Waals surface area contributed by atoms with E-state index in [0.717, 1.165) is 32.9 Å². The minimum absolute atomic E-state index is 0.176. The first kappa shape index (κ1) is 31.8. The zero-order valence-electron chi connectivity index (χ0n) is 26.0. The Morgan fingerprint density at radius 3 is 2.57 bits per heavy atom. The van der Waals surface area contributed by atoms with E-state index in [2.05, 4.69) is 15.2 Å². The minimum atomic E-state index is -0.667. The van der Waals surface area contributed by atoms with E-state index in [1.807, 2.05) is 61.7 Å². The van der Waals surface area contributed by atoms with Gasteiger partial charge in [-0.05, 0) is 53.4 Å². The molecule has 0 aliphatic carbocycles. The van der Waals surface area contributed by atoms with E-state index in [9.17, 15) is 9.59 Å². The Labute approximate surface area is 277 Å². The molecule has 0 radical (unpaired) electrons. The van der Waals surface area contributed by atoms with Crippen molar-refractivity contribution < 1.29 is 33.5 Å². The van der Waals surface area contributed by atoms with Gasteiger partial charge in [0.1, 0.15) is 28.7 Å². The molecule has 4 aromatic rings. The number of benzene rings is 2. The van der Waals surface area contributed by atoms with Gasteiger partial charge in [-0.2, -0.15) is 0 Å².